The molecule has 2 heterocycles. The number of rotatable bonds is 4. The van der Waals surface area contributed by atoms with Crippen LogP contribution in [0.15, 0.2) is 5.38 Å². The van der Waals surface area contributed by atoms with Crippen molar-refractivity contribution in [3.05, 3.63) is 16.1 Å². The number of carbonyl (C=O) groups excluding carboxylic acids is 1. The Morgan fingerprint density at radius 3 is 2.94 bits per heavy atom. The second-order valence-corrected chi connectivity index (χ2v) is 5.25. The van der Waals surface area contributed by atoms with Crippen LogP contribution in [0.3, 0.4) is 0 Å². The predicted octanol–water partition coefficient (Wildman–Crippen LogP) is 1.12. The molecule has 7 nitrogen and oxygen atoms in total. The highest BCUT2D eigenvalue weighted by molar-refractivity contribution is 7.09. The molecule has 1 amide bonds. The Balaban J connectivity index is 2.05. The molecule has 0 spiro atoms. The first-order valence-corrected chi connectivity index (χ1v) is 6.42. The van der Waals surface area contributed by atoms with Gasteiger partial charge in [0.25, 0.3) is 5.91 Å². The van der Waals surface area contributed by atoms with Gasteiger partial charge in [-0.05, 0) is 16.3 Å². The van der Waals surface area contributed by atoms with Gasteiger partial charge in [0.2, 0.25) is 5.95 Å². The summed E-state index contributed by atoms with van der Waals surface area (Å²) in [6.07, 6.45) is 0.878. The molecule has 1 N–H and O–H groups in total. The number of aromatic nitrogens is 5. The topological polar surface area (TPSA) is 85.6 Å². The molecular weight excluding hydrogens is 252 g/mol. The van der Waals surface area contributed by atoms with E-state index in [4.69, 9.17) is 0 Å². The van der Waals surface area contributed by atoms with Crippen LogP contribution >= 0.6 is 11.3 Å². The van der Waals surface area contributed by atoms with E-state index in [1.54, 1.807) is 12.4 Å². The van der Waals surface area contributed by atoms with Crippen LogP contribution in [-0.4, -0.2) is 31.1 Å². The normalized spacial score (nSPS) is 10.9. The summed E-state index contributed by atoms with van der Waals surface area (Å²) in [4.78, 5) is 16.2. The molecule has 8 heteroatoms. The van der Waals surface area contributed by atoms with Crippen LogP contribution in [0.1, 0.15) is 29.3 Å². The summed E-state index contributed by atoms with van der Waals surface area (Å²) in [5, 5.41) is 16.1. The lowest BCUT2D eigenvalue weighted by atomic mass is 10.1. The van der Waals surface area contributed by atoms with Crippen LogP contribution in [0.25, 0.3) is 0 Å². The first-order valence-electron chi connectivity index (χ1n) is 5.54. The third kappa shape index (κ3) is 2.89. The average molecular weight is 266 g/mol. The zero-order valence-electron chi connectivity index (χ0n) is 10.4. The lowest BCUT2D eigenvalue weighted by molar-refractivity contribution is 0.102. The fraction of sp³-hybridized carbons (Fsp3) is 0.500. The number of aryl methyl sites for hydroxylation is 1. The molecule has 0 aliphatic rings. The third-order valence-electron chi connectivity index (χ3n) is 2.21. The summed E-state index contributed by atoms with van der Waals surface area (Å²) in [6.45, 7) is 4.23. The molecule has 2 rings (SSSR count). The molecule has 18 heavy (non-hydrogen) atoms. The number of nitrogens with zero attached hydrogens (tertiary/aromatic N) is 5. The van der Waals surface area contributed by atoms with Crippen molar-refractivity contribution in [2.45, 2.75) is 20.3 Å². The van der Waals surface area contributed by atoms with Crippen molar-refractivity contribution in [2.24, 2.45) is 13.0 Å². The molecule has 0 bridgehead atoms. The lowest BCUT2D eigenvalue weighted by Gasteiger charge is -2.00. The molecule has 0 saturated carbocycles. The Bertz CT molecular complexity index is 546. The lowest BCUT2D eigenvalue weighted by Crippen LogP contribution is -2.15. The Morgan fingerprint density at radius 1 is 1.56 bits per heavy atom. The van der Waals surface area contributed by atoms with Crippen LogP contribution in [0.4, 0.5) is 5.95 Å². The van der Waals surface area contributed by atoms with Crippen LogP contribution < -0.4 is 5.32 Å². The van der Waals surface area contributed by atoms with Crippen molar-refractivity contribution in [1.29, 1.82) is 0 Å². The molecule has 0 atom stereocenters. The summed E-state index contributed by atoms with van der Waals surface area (Å²) >= 11 is 1.49. The maximum Gasteiger partial charge on any atom is 0.277 e. The van der Waals surface area contributed by atoms with E-state index in [-0.39, 0.29) is 5.91 Å². The molecule has 0 unspecified atom stereocenters. The third-order valence-corrected chi connectivity index (χ3v) is 3.08. The van der Waals surface area contributed by atoms with Gasteiger partial charge in [0, 0.05) is 18.8 Å². The maximum absolute atomic E-state index is 11.9. The first-order chi connectivity index (χ1) is 8.56. The highest BCUT2D eigenvalue weighted by atomic mass is 32.1. The van der Waals surface area contributed by atoms with Crippen molar-refractivity contribution >= 4 is 23.2 Å². The van der Waals surface area contributed by atoms with E-state index in [1.165, 1.54) is 16.0 Å². The number of hydrogen-bond donors (Lipinski definition) is 1. The molecule has 0 aliphatic heterocycles. The van der Waals surface area contributed by atoms with E-state index in [9.17, 15) is 4.79 Å². The van der Waals surface area contributed by atoms with E-state index in [2.05, 4.69) is 39.7 Å². The number of amides is 1. The van der Waals surface area contributed by atoms with Crippen LogP contribution in [0.5, 0.6) is 0 Å². The Hall–Kier alpha value is -1.83. The van der Waals surface area contributed by atoms with E-state index in [0.717, 1.165) is 11.4 Å². The molecule has 0 aromatic carbocycles. The standard InChI is InChI=1S/C10H14N6OS/c1-6(2)4-8-11-7(5-18-8)9(17)12-10-13-14-15-16(10)3/h5-6H,4H2,1-3H3,(H,12,13,15,17). The van der Waals surface area contributed by atoms with Gasteiger partial charge in [-0.3, -0.25) is 10.1 Å². The number of hydrogen-bond acceptors (Lipinski definition) is 6. The van der Waals surface area contributed by atoms with Crippen molar-refractivity contribution in [3.63, 3.8) is 0 Å². The minimum Gasteiger partial charge on any atom is -0.288 e. The first kappa shape index (κ1) is 12.6. The second-order valence-electron chi connectivity index (χ2n) is 4.30. The second kappa shape index (κ2) is 5.21. The maximum atomic E-state index is 11.9. The molecule has 0 radical (unpaired) electrons. The fourth-order valence-electron chi connectivity index (χ4n) is 1.36. The highest BCUT2D eigenvalue weighted by Crippen LogP contribution is 2.15. The quantitative estimate of drug-likeness (QED) is 0.896. The van der Waals surface area contributed by atoms with Gasteiger partial charge in [-0.2, -0.15) is 0 Å². The van der Waals surface area contributed by atoms with Crippen LogP contribution in [0, 0.1) is 5.92 Å². The number of carbonyl (C=O) groups is 1. The van der Waals surface area contributed by atoms with E-state index >= 15 is 0 Å². The van der Waals surface area contributed by atoms with Crippen molar-refractivity contribution in [1.82, 2.24) is 25.2 Å². The minimum atomic E-state index is -0.292. The Labute approximate surface area is 108 Å². The molecule has 96 valence electrons. The summed E-state index contributed by atoms with van der Waals surface area (Å²) < 4.78 is 1.39. The van der Waals surface area contributed by atoms with Gasteiger partial charge in [0.1, 0.15) is 5.69 Å². The molecule has 2 aromatic rings. The average Bonchev–Trinajstić information content (AvgIpc) is 2.88. The van der Waals surface area contributed by atoms with Gasteiger partial charge < -0.3 is 0 Å². The Kier molecular flexibility index (Phi) is 3.66. The largest absolute Gasteiger partial charge is 0.288 e. The van der Waals surface area contributed by atoms with Crippen molar-refractivity contribution < 1.29 is 4.79 Å². The van der Waals surface area contributed by atoms with Crippen molar-refractivity contribution in [2.75, 3.05) is 5.32 Å². The highest BCUT2D eigenvalue weighted by Gasteiger charge is 2.14. The summed E-state index contributed by atoms with van der Waals surface area (Å²) in [5.74, 6) is 0.535. The molecule has 0 fully saturated rings. The molecule has 2 aromatic heterocycles. The zero-order valence-corrected chi connectivity index (χ0v) is 11.2. The van der Waals surface area contributed by atoms with Crippen molar-refractivity contribution in [3.8, 4) is 0 Å². The van der Waals surface area contributed by atoms with E-state index < -0.39 is 0 Å². The SMILES string of the molecule is CC(C)Cc1nc(C(=O)Nc2nnnn2C)cs1. The fourth-order valence-corrected chi connectivity index (χ4v) is 2.35. The Morgan fingerprint density at radius 2 is 2.33 bits per heavy atom. The molecule has 0 aliphatic carbocycles. The van der Waals surface area contributed by atoms with Gasteiger partial charge in [0.15, 0.2) is 0 Å². The molecule has 0 saturated heterocycles. The van der Waals surface area contributed by atoms with E-state index in [0.29, 0.717) is 17.6 Å². The van der Waals surface area contributed by atoms with Gasteiger partial charge in [-0.25, -0.2) is 9.67 Å². The minimum absolute atomic E-state index is 0.292. The number of thiazole rings is 1. The predicted molar refractivity (Wildman–Crippen MR) is 67.4 cm³/mol. The van der Waals surface area contributed by atoms with Gasteiger partial charge in [0.05, 0.1) is 5.01 Å². The monoisotopic (exact) mass is 266 g/mol. The summed E-state index contributed by atoms with van der Waals surface area (Å²) in [6, 6.07) is 0. The summed E-state index contributed by atoms with van der Waals surface area (Å²) in [5.41, 5.74) is 0.402. The van der Waals surface area contributed by atoms with Crippen LogP contribution in [-0.2, 0) is 13.5 Å². The number of anilines is 1. The van der Waals surface area contributed by atoms with Gasteiger partial charge in [-0.15, -0.1) is 11.3 Å². The molecular formula is C10H14N6OS. The number of tetrazole rings is 1. The van der Waals surface area contributed by atoms with Crippen LogP contribution in [0.2, 0.25) is 0 Å². The smallest absolute Gasteiger partial charge is 0.277 e. The summed E-state index contributed by atoms with van der Waals surface area (Å²) in [7, 11) is 1.65. The van der Waals surface area contributed by atoms with Gasteiger partial charge >= 0.3 is 0 Å². The number of nitrogens with one attached hydrogen (secondary N) is 1. The zero-order chi connectivity index (χ0) is 13.1. The van der Waals surface area contributed by atoms with Gasteiger partial charge in [-0.1, -0.05) is 18.9 Å². The van der Waals surface area contributed by atoms with E-state index in [1.807, 2.05) is 0 Å².